The molecule has 1 aliphatic carbocycles. The van der Waals surface area contributed by atoms with Crippen LogP contribution in [0, 0.1) is 5.92 Å². The number of fused-ring (bicyclic) bond motifs is 4. The summed E-state index contributed by atoms with van der Waals surface area (Å²) in [4.78, 5) is 14.3. The van der Waals surface area contributed by atoms with Crippen LogP contribution in [0.4, 0.5) is 5.82 Å². The van der Waals surface area contributed by atoms with Gasteiger partial charge in [0.25, 0.3) is 0 Å². The van der Waals surface area contributed by atoms with Crippen molar-refractivity contribution < 1.29 is 19.1 Å². The van der Waals surface area contributed by atoms with Gasteiger partial charge in [0.2, 0.25) is 0 Å². The summed E-state index contributed by atoms with van der Waals surface area (Å²) >= 11 is 1.88. The molecule has 8 heteroatoms. The lowest BCUT2D eigenvalue weighted by Crippen LogP contribution is -3.12. The Hall–Kier alpha value is -2.42. The molecule has 180 valence electrons. The van der Waals surface area contributed by atoms with Gasteiger partial charge in [0.1, 0.15) is 43.5 Å². The SMILES string of the molecule is C[C@H]1CCc2c(sc3nc(C[NH+]4CCOCC4)nc(NCCc4ccc5c(c4)OCCO5)c23)C1. The van der Waals surface area contributed by atoms with Crippen molar-refractivity contribution in [2.24, 2.45) is 5.92 Å². The molecular formula is C26H33N4O3S+. The van der Waals surface area contributed by atoms with Crippen molar-refractivity contribution in [1.29, 1.82) is 0 Å². The molecule has 0 amide bonds. The predicted octanol–water partition coefficient (Wildman–Crippen LogP) is 2.66. The zero-order valence-electron chi connectivity index (χ0n) is 19.8. The molecule has 2 N–H and O–H groups in total. The zero-order chi connectivity index (χ0) is 22.9. The molecule has 2 aromatic heterocycles. The number of nitrogens with zero attached hydrogens (tertiary/aromatic N) is 2. The molecule has 0 saturated carbocycles. The first-order valence-corrected chi connectivity index (χ1v) is 13.4. The van der Waals surface area contributed by atoms with Crippen molar-refractivity contribution >= 4 is 27.4 Å². The Morgan fingerprint density at radius 1 is 1.09 bits per heavy atom. The third-order valence-corrected chi connectivity index (χ3v) is 8.27. The van der Waals surface area contributed by atoms with Crippen LogP contribution in [0.5, 0.6) is 11.5 Å². The molecule has 3 aliphatic rings. The Labute approximate surface area is 204 Å². The van der Waals surface area contributed by atoms with Gasteiger partial charge in [0.05, 0.1) is 18.6 Å². The van der Waals surface area contributed by atoms with E-state index < -0.39 is 0 Å². The predicted molar refractivity (Wildman–Crippen MR) is 133 cm³/mol. The fraction of sp³-hybridized carbons (Fsp3) is 0.538. The van der Waals surface area contributed by atoms with Gasteiger partial charge in [-0.2, -0.15) is 0 Å². The van der Waals surface area contributed by atoms with Crippen LogP contribution in [0.15, 0.2) is 18.2 Å². The van der Waals surface area contributed by atoms with Crippen molar-refractivity contribution in [2.75, 3.05) is 51.4 Å². The highest BCUT2D eigenvalue weighted by Crippen LogP contribution is 2.40. The number of morpholine rings is 1. The van der Waals surface area contributed by atoms with Crippen LogP contribution in [-0.4, -0.2) is 56.0 Å². The minimum atomic E-state index is 0.614. The third-order valence-electron chi connectivity index (χ3n) is 7.12. The average molecular weight is 482 g/mol. The largest absolute Gasteiger partial charge is 0.486 e. The number of hydrogen-bond donors (Lipinski definition) is 2. The van der Waals surface area contributed by atoms with E-state index in [1.165, 1.54) is 32.7 Å². The minimum Gasteiger partial charge on any atom is -0.486 e. The van der Waals surface area contributed by atoms with Crippen molar-refractivity contribution in [3.63, 3.8) is 0 Å². The number of rotatable bonds is 6. The Morgan fingerprint density at radius 2 is 1.94 bits per heavy atom. The lowest BCUT2D eigenvalue weighted by atomic mass is 9.89. The molecule has 4 heterocycles. The van der Waals surface area contributed by atoms with Crippen LogP contribution in [0.2, 0.25) is 0 Å². The van der Waals surface area contributed by atoms with E-state index in [1.807, 2.05) is 17.4 Å². The first kappa shape index (κ1) is 22.1. The molecule has 0 bridgehead atoms. The van der Waals surface area contributed by atoms with Gasteiger partial charge in [-0.15, -0.1) is 11.3 Å². The maximum absolute atomic E-state index is 5.76. The highest BCUT2D eigenvalue weighted by Gasteiger charge is 2.25. The Kier molecular flexibility index (Phi) is 6.28. The summed E-state index contributed by atoms with van der Waals surface area (Å²) in [6.45, 7) is 8.95. The monoisotopic (exact) mass is 481 g/mol. The number of thiophene rings is 1. The molecule has 1 atom stereocenters. The summed E-state index contributed by atoms with van der Waals surface area (Å²) in [5.74, 6) is 4.40. The molecule has 1 fully saturated rings. The highest BCUT2D eigenvalue weighted by atomic mass is 32.1. The molecule has 3 aromatic rings. The summed E-state index contributed by atoms with van der Waals surface area (Å²) in [5.41, 5.74) is 2.71. The van der Waals surface area contributed by atoms with Crippen LogP contribution in [0.3, 0.4) is 0 Å². The lowest BCUT2D eigenvalue weighted by Gasteiger charge is -2.23. The topological polar surface area (TPSA) is 69.9 Å². The van der Waals surface area contributed by atoms with Gasteiger partial charge in [0, 0.05) is 11.4 Å². The number of hydrogen-bond acceptors (Lipinski definition) is 7. The minimum absolute atomic E-state index is 0.614. The van der Waals surface area contributed by atoms with E-state index in [-0.39, 0.29) is 0 Å². The third kappa shape index (κ3) is 4.59. The molecule has 0 spiro atoms. The first-order valence-electron chi connectivity index (χ1n) is 12.6. The van der Waals surface area contributed by atoms with Gasteiger partial charge in [-0.05, 0) is 54.9 Å². The van der Waals surface area contributed by atoms with E-state index >= 15 is 0 Å². The summed E-state index contributed by atoms with van der Waals surface area (Å²) < 4.78 is 17.0. The van der Waals surface area contributed by atoms with Crippen LogP contribution < -0.4 is 19.7 Å². The lowest BCUT2D eigenvalue weighted by molar-refractivity contribution is -0.922. The fourth-order valence-corrected chi connectivity index (χ4v) is 6.62. The van der Waals surface area contributed by atoms with Gasteiger partial charge in [-0.1, -0.05) is 13.0 Å². The number of aromatic nitrogens is 2. The Morgan fingerprint density at radius 3 is 2.82 bits per heavy atom. The molecule has 1 aromatic carbocycles. The van der Waals surface area contributed by atoms with Crippen LogP contribution in [0.25, 0.3) is 10.2 Å². The standard InChI is InChI=1S/C26H32N4O3S/c1-17-2-4-19-22(14-17)34-26-24(19)25(28-23(29-26)16-30-8-10-31-11-9-30)27-7-6-18-3-5-20-21(15-18)33-13-12-32-20/h3,5,15,17H,2,4,6-14,16H2,1H3,(H,27,28,29)/p+1/t17-/m0/s1. The molecule has 6 rings (SSSR count). The maximum atomic E-state index is 5.76. The zero-order valence-corrected chi connectivity index (χ0v) is 20.6. The average Bonchev–Trinajstić information content (AvgIpc) is 3.22. The van der Waals surface area contributed by atoms with E-state index in [0.29, 0.717) is 13.2 Å². The number of aryl methyl sites for hydroxylation is 1. The first-order chi connectivity index (χ1) is 16.7. The van der Waals surface area contributed by atoms with E-state index in [1.54, 1.807) is 0 Å². The summed E-state index contributed by atoms with van der Waals surface area (Å²) in [7, 11) is 0. The second-order valence-corrected chi connectivity index (χ2v) is 10.8. The quantitative estimate of drug-likeness (QED) is 0.564. The summed E-state index contributed by atoms with van der Waals surface area (Å²) in [6, 6.07) is 6.25. The second-order valence-electron chi connectivity index (χ2n) is 9.71. The Balaban J connectivity index is 1.25. The number of nitrogens with one attached hydrogen (secondary N) is 2. The van der Waals surface area contributed by atoms with Gasteiger partial charge >= 0.3 is 0 Å². The molecule has 34 heavy (non-hydrogen) atoms. The van der Waals surface area contributed by atoms with Crippen molar-refractivity contribution in [2.45, 2.75) is 39.2 Å². The maximum Gasteiger partial charge on any atom is 0.187 e. The number of benzene rings is 1. The van der Waals surface area contributed by atoms with E-state index in [9.17, 15) is 0 Å². The van der Waals surface area contributed by atoms with E-state index in [2.05, 4.69) is 24.4 Å². The summed E-state index contributed by atoms with van der Waals surface area (Å²) in [5, 5.41) is 4.95. The normalized spacial score (nSPS) is 20.3. The number of anilines is 1. The molecule has 2 aliphatic heterocycles. The number of ether oxygens (including phenoxy) is 3. The van der Waals surface area contributed by atoms with E-state index in [0.717, 1.165) is 92.5 Å². The van der Waals surface area contributed by atoms with Crippen molar-refractivity contribution in [3.05, 3.63) is 40.0 Å². The van der Waals surface area contributed by atoms with Crippen LogP contribution >= 0.6 is 11.3 Å². The smallest absolute Gasteiger partial charge is 0.187 e. The van der Waals surface area contributed by atoms with E-state index in [4.69, 9.17) is 24.2 Å². The van der Waals surface area contributed by atoms with Crippen molar-refractivity contribution in [3.8, 4) is 11.5 Å². The van der Waals surface area contributed by atoms with Crippen LogP contribution in [-0.2, 0) is 30.5 Å². The second kappa shape index (κ2) is 9.68. The van der Waals surface area contributed by atoms with Crippen molar-refractivity contribution in [1.82, 2.24) is 9.97 Å². The van der Waals surface area contributed by atoms with Crippen LogP contribution in [0.1, 0.15) is 35.2 Å². The molecule has 1 saturated heterocycles. The Bertz CT molecular complexity index is 1170. The molecule has 7 nitrogen and oxygen atoms in total. The molecular weight excluding hydrogens is 448 g/mol. The molecule has 0 unspecified atom stereocenters. The summed E-state index contributed by atoms with van der Waals surface area (Å²) in [6.07, 6.45) is 4.44. The fourth-order valence-electron chi connectivity index (χ4n) is 5.22. The van der Waals surface area contributed by atoms with Gasteiger partial charge in [-0.25, -0.2) is 9.97 Å². The molecule has 0 radical (unpaired) electrons. The number of quaternary nitrogens is 1. The van der Waals surface area contributed by atoms with Gasteiger partial charge in [0.15, 0.2) is 17.3 Å². The van der Waals surface area contributed by atoms with Gasteiger partial charge < -0.3 is 24.4 Å². The van der Waals surface area contributed by atoms with Gasteiger partial charge in [-0.3, -0.25) is 0 Å². The highest BCUT2D eigenvalue weighted by molar-refractivity contribution is 7.19.